The number of halogens is 2. The Hall–Kier alpha value is -1.38. The van der Waals surface area contributed by atoms with E-state index in [1.54, 1.807) is 22.9 Å². The highest BCUT2D eigenvalue weighted by Gasteiger charge is 2.35. The number of anilines is 1. The Balaban J connectivity index is 2.05. The first-order valence-electron chi connectivity index (χ1n) is 7.56. The molecule has 0 radical (unpaired) electrons. The van der Waals surface area contributed by atoms with Crippen LogP contribution in [0.3, 0.4) is 0 Å². The molecule has 9 heteroatoms. The molecule has 134 valence electrons. The molecule has 1 amide bonds. The lowest BCUT2D eigenvalue weighted by Crippen LogP contribution is -2.27. The van der Waals surface area contributed by atoms with E-state index in [0.717, 1.165) is 4.47 Å². The fraction of sp³-hybridized carbons (Fsp3) is 0.375. The lowest BCUT2D eigenvalue weighted by molar-refractivity contribution is 0.102. The molecule has 25 heavy (non-hydrogen) atoms. The van der Waals surface area contributed by atoms with E-state index in [4.69, 9.17) is 11.6 Å². The molecule has 1 aromatic carbocycles. The summed E-state index contributed by atoms with van der Waals surface area (Å²) in [6, 6.07) is 4.98. The van der Waals surface area contributed by atoms with Crippen molar-refractivity contribution in [2.45, 2.75) is 37.8 Å². The maximum absolute atomic E-state index is 12.7. The lowest BCUT2D eigenvalue weighted by Gasteiger charge is -2.23. The number of hydrogen-bond acceptors (Lipinski definition) is 4. The van der Waals surface area contributed by atoms with Crippen molar-refractivity contribution >= 4 is 49.1 Å². The minimum absolute atomic E-state index is 0.105. The molecule has 0 spiro atoms. The molecule has 1 aliphatic rings. The van der Waals surface area contributed by atoms with Gasteiger partial charge in [0.2, 0.25) is 0 Å². The first-order chi connectivity index (χ1) is 11.5. The molecule has 3 rings (SSSR count). The molecule has 2 heterocycles. The van der Waals surface area contributed by atoms with Crippen LogP contribution in [0.1, 0.15) is 42.4 Å². The Kier molecular flexibility index (Phi) is 4.50. The third-order valence-electron chi connectivity index (χ3n) is 3.83. The van der Waals surface area contributed by atoms with E-state index in [1.165, 1.54) is 0 Å². The number of carbonyl (C=O) groups is 1. The Bertz CT molecular complexity index is 977. The van der Waals surface area contributed by atoms with Crippen LogP contribution in [0.25, 0.3) is 0 Å². The summed E-state index contributed by atoms with van der Waals surface area (Å²) in [7, 11) is -3.22. The Labute approximate surface area is 159 Å². The third-order valence-corrected chi connectivity index (χ3v) is 6.09. The molecule has 0 atom stereocenters. The molecule has 1 aliphatic heterocycles. The van der Waals surface area contributed by atoms with E-state index in [-0.39, 0.29) is 11.5 Å². The van der Waals surface area contributed by atoms with Crippen LogP contribution < -0.4 is 5.32 Å². The molecule has 1 N–H and O–H groups in total. The maximum Gasteiger partial charge on any atom is 0.258 e. The summed E-state index contributed by atoms with van der Waals surface area (Å²) < 4.78 is 26.2. The van der Waals surface area contributed by atoms with Gasteiger partial charge in [0, 0.05) is 10.0 Å². The highest BCUT2D eigenvalue weighted by Crippen LogP contribution is 2.35. The number of rotatable bonds is 2. The standard InChI is InChI=1S/C16H17BrClN3O3S/c1-16(2,3)21-14(11-7-25(23,24)8-13(11)20-21)19-15(22)10-6-9(17)4-5-12(10)18/h4-6H,7-8H2,1-3H3,(H,19,22). The second-order valence-electron chi connectivity index (χ2n) is 6.97. The van der Waals surface area contributed by atoms with Crippen LogP contribution in [-0.4, -0.2) is 24.1 Å². The normalized spacial score (nSPS) is 15.9. The zero-order valence-corrected chi connectivity index (χ0v) is 17.1. The summed E-state index contributed by atoms with van der Waals surface area (Å²) in [4.78, 5) is 12.7. The van der Waals surface area contributed by atoms with Gasteiger partial charge in [-0.2, -0.15) is 5.10 Å². The van der Waals surface area contributed by atoms with Gasteiger partial charge < -0.3 is 5.32 Å². The predicted octanol–water partition coefficient (Wildman–Crippen LogP) is 3.73. The summed E-state index contributed by atoms with van der Waals surface area (Å²) in [5, 5.41) is 7.55. The summed E-state index contributed by atoms with van der Waals surface area (Å²) in [6.45, 7) is 5.81. The molecule has 0 bridgehead atoms. The smallest absolute Gasteiger partial charge is 0.258 e. The number of sulfone groups is 1. The van der Waals surface area contributed by atoms with Crippen molar-refractivity contribution in [2.75, 3.05) is 5.32 Å². The number of benzene rings is 1. The van der Waals surface area contributed by atoms with Crippen molar-refractivity contribution in [3.8, 4) is 0 Å². The van der Waals surface area contributed by atoms with E-state index in [9.17, 15) is 13.2 Å². The monoisotopic (exact) mass is 445 g/mol. The highest BCUT2D eigenvalue weighted by molar-refractivity contribution is 9.10. The van der Waals surface area contributed by atoms with Crippen molar-refractivity contribution in [2.24, 2.45) is 0 Å². The molecule has 0 unspecified atom stereocenters. The number of nitrogens with zero attached hydrogens (tertiary/aromatic N) is 2. The first kappa shape index (κ1) is 18.4. The number of nitrogens with one attached hydrogen (secondary N) is 1. The summed E-state index contributed by atoms with van der Waals surface area (Å²) in [6.07, 6.45) is 0. The molecule has 0 aliphatic carbocycles. The zero-order valence-electron chi connectivity index (χ0n) is 13.9. The summed E-state index contributed by atoms with van der Waals surface area (Å²) in [5.41, 5.74) is 0.921. The van der Waals surface area contributed by atoms with Crippen molar-refractivity contribution in [1.82, 2.24) is 9.78 Å². The predicted molar refractivity (Wildman–Crippen MR) is 101 cm³/mol. The topological polar surface area (TPSA) is 81.1 Å². The van der Waals surface area contributed by atoms with Crippen molar-refractivity contribution in [3.63, 3.8) is 0 Å². The fourth-order valence-electron chi connectivity index (χ4n) is 2.70. The molecule has 0 fully saturated rings. The highest BCUT2D eigenvalue weighted by atomic mass is 79.9. The van der Waals surface area contributed by atoms with Crippen LogP contribution in [0.4, 0.5) is 5.82 Å². The van der Waals surface area contributed by atoms with E-state index >= 15 is 0 Å². The van der Waals surface area contributed by atoms with Gasteiger partial charge in [0.05, 0.1) is 33.3 Å². The number of amides is 1. The molecular weight excluding hydrogens is 430 g/mol. The molecular formula is C16H17BrClN3O3S. The molecule has 2 aromatic rings. The quantitative estimate of drug-likeness (QED) is 0.762. The maximum atomic E-state index is 12.7. The van der Waals surface area contributed by atoms with Gasteiger partial charge in [0.1, 0.15) is 5.82 Å². The second kappa shape index (κ2) is 6.10. The average molecular weight is 447 g/mol. The van der Waals surface area contributed by atoms with Crippen LogP contribution in [0.5, 0.6) is 0 Å². The minimum atomic E-state index is -3.22. The van der Waals surface area contributed by atoms with Crippen molar-refractivity contribution in [1.29, 1.82) is 0 Å². The average Bonchev–Trinajstić information content (AvgIpc) is 2.94. The molecule has 0 saturated heterocycles. The van der Waals surface area contributed by atoms with Crippen molar-refractivity contribution in [3.05, 3.63) is 44.5 Å². The van der Waals surface area contributed by atoms with Crippen molar-refractivity contribution < 1.29 is 13.2 Å². The summed E-state index contributed by atoms with van der Waals surface area (Å²) in [5.74, 6) is -0.236. The molecule has 6 nitrogen and oxygen atoms in total. The van der Waals surface area contributed by atoms with Gasteiger partial charge in [-0.3, -0.25) is 4.79 Å². The Morgan fingerprint density at radius 3 is 2.64 bits per heavy atom. The Morgan fingerprint density at radius 1 is 1.32 bits per heavy atom. The zero-order chi connectivity index (χ0) is 18.6. The van der Waals surface area contributed by atoms with Crippen LogP contribution in [0.15, 0.2) is 22.7 Å². The van der Waals surface area contributed by atoms with E-state index in [2.05, 4.69) is 26.3 Å². The van der Waals surface area contributed by atoms with Gasteiger partial charge in [0.15, 0.2) is 9.84 Å². The van der Waals surface area contributed by atoms with Gasteiger partial charge in [-0.1, -0.05) is 27.5 Å². The Morgan fingerprint density at radius 2 is 2.00 bits per heavy atom. The molecule has 1 aromatic heterocycles. The van der Waals surface area contributed by atoms with Gasteiger partial charge in [0.25, 0.3) is 5.91 Å². The SMILES string of the molecule is CC(C)(C)n1nc2c(c1NC(=O)c1cc(Br)ccc1Cl)CS(=O)(=O)C2. The number of aromatic nitrogens is 2. The lowest BCUT2D eigenvalue weighted by atomic mass is 10.1. The van der Waals surface area contributed by atoms with Crippen LogP contribution in [0, 0.1) is 0 Å². The third kappa shape index (κ3) is 3.61. The summed E-state index contributed by atoms with van der Waals surface area (Å²) >= 11 is 9.44. The number of hydrogen-bond donors (Lipinski definition) is 1. The molecule has 0 saturated carbocycles. The second-order valence-corrected chi connectivity index (χ2v) is 10.4. The minimum Gasteiger partial charge on any atom is -0.306 e. The van der Waals surface area contributed by atoms with Crippen LogP contribution >= 0.6 is 27.5 Å². The van der Waals surface area contributed by atoms with Gasteiger partial charge in [-0.15, -0.1) is 0 Å². The van der Waals surface area contributed by atoms with Crippen LogP contribution in [0.2, 0.25) is 5.02 Å². The number of fused-ring (bicyclic) bond motifs is 1. The largest absolute Gasteiger partial charge is 0.306 e. The van der Waals surface area contributed by atoms with Gasteiger partial charge in [-0.25, -0.2) is 13.1 Å². The van der Waals surface area contributed by atoms with E-state index in [0.29, 0.717) is 27.7 Å². The van der Waals surface area contributed by atoms with Crippen LogP contribution in [-0.2, 0) is 26.9 Å². The fourth-order valence-corrected chi connectivity index (χ4v) is 4.76. The van der Waals surface area contributed by atoms with E-state index < -0.39 is 21.3 Å². The first-order valence-corrected chi connectivity index (χ1v) is 10.6. The van der Waals surface area contributed by atoms with Gasteiger partial charge >= 0.3 is 0 Å². The van der Waals surface area contributed by atoms with E-state index in [1.807, 2.05) is 20.8 Å². The van der Waals surface area contributed by atoms with Gasteiger partial charge in [-0.05, 0) is 39.0 Å². The number of carbonyl (C=O) groups excluding carboxylic acids is 1.